The van der Waals surface area contributed by atoms with E-state index in [4.69, 9.17) is 16.3 Å². The van der Waals surface area contributed by atoms with Gasteiger partial charge in [0.2, 0.25) is 0 Å². The number of nitrogens with zero attached hydrogens (tertiary/aromatic N) is 3. The van der Waals surface area contributed by atoms with E-state index in [0.717, 1.165) is 5.75 Å². The van der Waals surface area contributed by atoms with Crippen molar-refractivity contribution >= 4 is 39.0 Å². The van der Waals surface area contributed by atoms with Crippen molar-refractivity contribution < 1.29 is 13.2 Å². The Labute approximate surface area is 134 Å². The van der Waals surface area contributed by atoms with Crippen LogP contribution in [0.2, 0.25) is 5.15 Å². The number of hydrogen-bond donors (Lipinski definition) is 0. The third kappa shape index (κ3) is 4.00. The maximum absolute atomic E-state index is 12.3. The summed E-state index contributed by atoms with van der Waals surface area (Å²) in [6, 6.07) is 1.61. The number of ether oxygens (including phenoxy) is 1. The van der Waals surface area contributed by atoms with Gasteiger partial charge >= 0.3 is 0 Å². The van der Waals surface area contributed by atoms with Crippen molar-refractivity contribution in [2.75, 3.05) is 35.8 Å². The highest BCUT2D eigenvalue weighted by Crippen LogP contribution is 2.27. The third-order valence-electron chi connectivity index (χ3n) is 3.20. The number of anilines is 1. The second-order valence-corrected chi connectivity index (χ2v) is 8.56. The summed E-state index contributed by atoms with van der Waals surface area (Å²) < 4.78 is 29.6. The molecule has 1 aliphatic heterocycles. The summed E-state index contributed by atoms with van der Waals surface area (Å²) in [7, 11) is -1.64. The molecule has 1 saturated heterocycles. The Morgan fingerprint density at radius 2 is 2.29 bits per heavy atom. The lowest BCUT2D eigenvalue weighted by atomic mass is 10.4. The average molecular weight is 352 g/mol. The first-order chi connectivity index (χ1) is 9.97. The lowest BCUT2D eigenvalue weighted by Gasteiger charge is -2.35. The van der Waals surface area contributed by atoms with Crippen molar-refractivity contribution in [3.05, 3.63) is 17.0 Å². The summed E-state index contributed by atoms with van der Waals surface area (Å²) >= 11 is 7.65. The molecule has 1 aromatic heterocycles. The van der Waals surface area contributed by atoms with E-state index in [1.54, 1.807) is 31.9 Å². The molecule has 0 aromatic carbocycles. The lowest BCUT2D eigenvalue weighted by Crippen LogP contribution is -2.48. The zero-order valence-corrected chi connectivity index (χ0v) is 14.3. The maximum Gasteiger partial charge on any atom is 0.171 e. The van der Waals surface area contributed by atoms with Gasteiger partial charge in [0.15, 0.2) is 15.7 Å². The summed E-state index contributed by atoms with van der Waals surface area (Å²) in [5.74, 6) is 2.50. The van der Waals surface area contributed by atoms with Gasteiger partial charge in [-0.1, -0.05) is 18.5 Å². The van der Waals surface area contributed by atoms with Crippen LogP contribution in [0, 0.1) is 0 Å². The molecule has 1 unspecified atom stereocenters. The van der Waals surface area contributed by atoms with Gasteiger partial charge in [0.05, 0.1) is 0 Å². The number of rotatable bonds is 5. The highest BCUT2D eigenvalue weighted by molar-refractivity contribution is 8.01. The topological polar surface area (TPSA) is 72.4 Å². The van der Waals surface area contributed by atoms with Gasteiger partial charge in [0.25, 0.3) is 0 Å². The largest absolute Gasteiger partial charge is 0.377 e. The van der Waals surface area contributed by atoms with Gasteiger partial charge in [-0.05, 0) is 0 Å². The number of aromatic nitrogens is 2. The zero-order valence-electron chi connectivity index (χ0n) is 12.0. The minimum absolute atomic E-state index is 0.110. The Balaban J connectivity index is 2.37. The molecule has 21 heavy (non-hydrogen) atoms. The van der Waals surface area contributed by atoms with E-state index in [-0.39, 0.29) is 17.5 Å². The monoisotopic (exact) mass is 351 g/mol. The summed E-state index contributed by atoms with van der Waals surface area (Å²) in [6.07, 6.45) is 0. The fourth-order valence-electron chi connectivity index (χ4n) is 2.13. The standard InChI is InChI=1S/C12H18ClN3O3S2/c1-3-21(17,18)12-8-20-5-4-16(12)11-6-9(13)14-10(15-11)7-19-2/h6,12H,3-5,7-8H2,1-2H3. The molecule has 1 fully saturated rings. The molecule has 118 valence electrons. The van der Waals surface area contributed by atoms with Crippen LogP contribution >= 0.6 is 23.4 Å². The number of methoxy groups -OCH3 is 1. The van der Waals surface area contributed by atoms with Crippen LogP contribution in [-0.2, 0) is 21.2 Å². The first kappa shape index (κ1) is 16.8. The summed E-state index contributed by atoms with van der Waals surface area (Å²) in [5, 5.41) is -0.277. The average Bonchev–Trinajstić information content (AvgIpc) is 2.47. The highest BCUT2D eigenvalue weighted by Gasteiger charge is 2.34. The van der Waals surface area contributed by atoms with Crippen molar-refractivity contribution in [1.29, 1.82) is 0 Å². The molecule has 0 N–H and O–H groups in total. The molecule has 0 amide bonds. The highest BCUT2D eigenvalue weighted by atomic mass is 35.5. The molecule has 1 atom stereocenters. The van der Waals surface area contributed by atoms with Gasteiger partial charge in [0, 0.05) is 37.0 Å². The van der Waals surface area contributed by atoms with E-state index in [1.165, 1.54) is 0 Å². The van der Waals surface area contributed by atoms with Gasteiger partial charge < -0.3 is 9.64 Å². The van der Waals surface area contributed by atoms with Crippen molar-refractivity contribution in [2.45, 2.75) is 18.9 Å². The maximum atomic E-state index is 12.3. The molecule has 0 spiro atoms. The lowest BCUT2D eigenvalue weighted by molar-refractivity contribution is 0.178. The van der Waals surface area contributed by atoms with Crippen LogP contribution in [0.5, 0.6) is 0 Å². The minimum Gasteiger partial charge on any atom is -0.377 e. The quantitative estimate of drug-likeness (QED) is 0.746. The van der Waals surface area contributed by atoms with E-state index < -0.39 is 15.2 Å². The Morgan fingerprint density at radius 3 is 2.95 bits per heavy atom. The van der Waals surface area contributed by atoms with Gasteiger partial charge in [-0.25, -0.2) is 18.4 Å². The molecule has 0 bridgehead atoms. The van der Waals surface area contributed by atoms with Gasteiger partial charge in [0.1, 0.15) is 23.0 Å². The van der Waals surface area contributed by atoms with E-state index in [2.05, 4.69) is 9.97 Å². The number of hydrogen-bond acceptors (Lipinski definition) is 7. The SMILES string of the molecule is CCS(=O)(=O)C1CSCCN1c1cc(Cl)nc(COC)n1. The fraction of sp³-hybridized carbons (Fsp3) is 0.667. The summed E-state index contributed by atoms with van der Waals surface area (Å²) in [5.41, 5.74) is 0. The first-order valence-corrected chi connectivity index (χ1v) is 9.81. The van der Waals surface area contributed by atoms with Crippen LogP contribution in [0.15, 0.2) is 6.07 Å². The molecule has 0 saturated carbocycles. The second kappa shape index (κ2) is 7.13. The van der Waals surface area contributed by atoms with Crippen LogP contribution in [-0.4, -0.2) is 54.7 Å². The molecule has 9 heteroatoms. The number of sulfone groups is 1. The van der Waals surface area contributed by atoms with Crippen LogP contribution in [0.25, 0.3) is 0 Å². The molecule has 1 aliphatic rings. The Hall–Kier alpha value is -0.570. The van der Waals surface area contributed by atoms with E-state index >= 15 is 0 Å². The first-order valence-electron chi connectivity index (χ1n) is 6.56. The smallest absolute Gasteiger partial charge is 0.171 e. The van der Waals surface area contributed by atoms with Gasteiger partial charge in [-0.15, -0.1) is 0 Å². The predicted molar refractivity (Wildman–Crippen MR) is 85.7 cm³/mol. The second-order valence-electron chi connectivity index (χ2n) is 4.57. The molecular weight excluding hydrogens is 334 g/mol. The van der Waals surface area contributed by atoms with Crippen molar-refractivity contribution in [1.82, 2.24) is 9.97 Å². The predicted octanol–water partition coefficient (Wildman–Crippen LogP) is 1.59. The van der Waals surface area contributed by atoms with Crippen molar-refractivity contribution in [3.8, 4) is 0 Å². The van der Waals surface area contributed by atoms with Gasteiger partial charge in [-0.3, -0.25) is 0 Å². The van der Waals surface area contributed by atoms with E-state index in [1.807, 2.05) is 4.90 Å². The Bertz CT molecular complexity index is 597. The van der Waals surface area contributed by atoms with E-state index in [0.29, 0.717) is 23.9 Å². The van der Waals surface area contributed by atoms with Crippen LogP contribution in [0.4, 0.5) is 5.82 Å². The number of halogens is 1. The van der Waals surface area contributed by atoms with Crippen LogP contribution in [0.1, 0.15) is 12.7 Å². The summed E-state index contributed by atoms with van der Waals surface area (Å²) in [4.78, 5) is 10.3. The molecular formula is C12H18ClN3O3S2. The normalized spacial score (nSPS) is 19.8. The molecule has 0 aliphatic carbocycles. The van der Waals surface area contributed by atoms with E-state index in [9.17, 15) is 8.42 Å². The number of thioether (sulfide) groups is 1. The zero-order chi connectivity index (χ0) is 15.5. The molecule has 0 radical (unpaired) electrons. The Morgan fingerprint density at radius 1 is 1.52 bits per heavy atom. The van der Waals surface area contributed by atoms with Gasteiger partial charge in [-0.2, -0.15) is 11.8 Å². The minimum atomic E-state index is -3.19. The third-order valence-corrected chi connectivity index (χ3v) is 6.68. The Kier molecular flexibility index (Phi) is 5.70. The van der Waals surface area contributed by atoms with Crippen molar-refractivity contribution in [3.63, 3.8) is 0 Å². The molecule has 1 aromatic rings. The molecule has 2 heterocycles. The van der Waals surface area contributed by atoms with Crippen molar-refractivity contribution in [2.24, 2.45) is 0 Å². The molecule has 6 nitrogen and oxygen atoms in total. The van der Waals surface area contributed by atoms with Crippen LogP contribution in [0.3, 0.4) is 0 Å². The molecule has 2 rings (SSSR count). The summed E-state index contributed by atoms with van der Waals surface area (Å²) in [6.45, 7) is 2.52. The van der Waals surface area contributed by atoms with Crippen LogP contribution < -0.4 is 4.90 Å². The fourth-order valence-corrected chi connectivity index (χ4v) is 5.30.